The average molecular weight is 298 g/mol. The Morgan fingerprint density at radius 3 is 2.40 bits per heavy atom. The van der Waals surface area contributed by atoms with Crippen LogP contribution in [0.2, 0.25) is 0 Å². The summed E-state index contributed by atoms with van der Waals surface area (Å²) < 4.78 is 33.5. The Kier molecular flexibility index (Phi) is 4.09. The van der Waals surface area contributed by atoms with Gasteiger partial charge in [-0.2, -0.15) is 0 Å². The molecular weight excluding hydrogens is 276 g/mol. The number of nitrogens with two attached hydrogens (primary N) is 1. The van der Waals surface area contributed by atoms with E-state index in [1.54, 1.807) is 26.0 Å². The van der Waals surface area contributed by atoms with E-state index in [-0.39, 0.29) is 0 Å². The summed E-state index contributed by atoms with van der Waals surface area (Å²) in [5.41, 5.74) is 7.10. The zero-order valence-corrected chi connectivity index (χ0v) is 13.0. The average Bonchev–Trinajstić information content (AvgIpc) is 2.25. The first-order chi connectivity index (χ1) is 9.23. The van der Waals surface area contributed by atoms with E-state index >= 15 is 0 Å². The third kappa shape index (κ3) is 3.13. The Morgan fingerprint density at radius 1 is 1.30 bits per heavy atom. The predicted octanol–water partition coefficient (Wildman–Crippen LogP) is 1.73. The lowest BCUT2D eigenvalue weighted by Gasteiger charge is -2.34. The quantitative estimate of drug-likeness (QED) is 0.833. The molecule has 1 aliphatic rings. The summed E-state index contributed by atoms with van der Waals surface area (Å²) in [5, 5.41) is 0. The van der Waals surface area contributed by atoms with E-state index in [1.807, 2.05) is 6.92 Å². The van der Waals surface area contributed by atoms with Crippen LogP contribution in [0.25, 0.3) is 0 Å². The zero-order valence-electron chi connectivity index (χ0n) is 12.2. The van der Waals surface area contributed by atoms with Crippen molar-refractivity contribution >= 4 is 15.7 Å². The summed E-state index contributed by atoms with van der Waals surface area (Å²) in [6.45, 7) is 6.50. The van der Waals surface area contributed by atoms with E-state index < -0.39 is 15.6 Å². The van der Waals surface area contributed by atoms with Crippen molar-refractivity contribution in [3.05, 3.63) is 23.3 Å². The van der Waals surface area contributed by atoms with Crippen molar-refractivity contribution in [2.45, 2.75) is 44.0 Å². The molecule has 0 aliphatic carbocycles. The second kappa shape index (κ2) is 5.35. The van der Waals surface area contributed by atoms with Crippen LogP contribution in [0.5, 0.6) is 0 Å². The summed E-state index contributed by atoms with van der Waals surface area (Å²) in [6, 6.07) is 3.36. The van der Waals surface area contributed by atoms with Gasteiger partial charge in [-0.3, -0.25) is 0 Å². The monoisotopic (exact) mass is 298 g/mol. The third-order valence-corrected chi connectivity index (χ3v) is 5.51. The van der Waals surface area contributed by atoms with Crippen molar-refractivity contribution in [1.29, 1.82) is 0 Å². The smallest absolute Gasteiger partial charge is 0.241 e. The second-order valence-electron chi connectivity index (χ2n) is 5.81. The lowest BCUT2D eigenvalue weighted by atomic mass is 9.97. The molecule has 1 fully saturated rings. The molecule has 2 rings (SSSR count). The molecule has 1 aromatic rings. The van der Waals surface area contributed by atoms with Crippen molar-refractivity contribution in [1.82, 2.24) is 4.72 Å². The van der Waals surface area contributed by atoms with Crippen LogP contribution in [0, 0.1) is 13.8 Å². The van der Waals surface area contributed by atoms with E-state index in [1.165, 1.54) is 0 Å². The molecule has 112 valence electrons. The first-order valence-corrected chi connectivity index (χ1v) is 8.20. The molecule has 5 nitrogen and oxygen atoms in total. The van der Waals surface area contributed by atoms with Gasteiger partial charge in [-0.05, 0) is 56.9 Å². The fraction of sp³-hybridized carbons (Fsp3) is 0.571. The van der Waals surface area contributed by atoms with Gasteiger partial charge >= 0.3 is 0 Å². The fourth-order valence-corrected chi connectivity index (χ4v) is 4.67. The Hall–Kier alpha value is -1.11. The van der Waals surface area contributed by atoms with Gasteiger partial charge in [0.1, 0.15) is 0 Å². The van der Waals surface area contributed by atoms with Crippen molar-refractivity contribution < 1.29 is 13.2 Å². The highest BCUT2D eigenvalue weighted by Gasteiger charge is 2.34. The van der Waals surface area contributed by atoms with Crippen LogP contribution in [0.4, 0.5) is 5.69 Å². The molecule has 0 amide bonds. The van der Waals surface area contributed by atoms with Gasteiger partial charge in [-0.15, -0.1) is 0 Å². The van der Waals surface area contributed by atoms with Crippen LogP contribution in [0.15, 0.2) is 17.0 Å². The van der Waals surface area contributed by atoms with E-state index in [9.17, 15) is 8.42 Å². The molecule has 0 aromatic heterocycles. The molecule has 1 unspecified atom stereocenters. The van der Waals surface area contributed by atoms with Gasteiger partial charge in [0.2, 0.25) is 10.0 Å². The zero-order chi connectivity index (χ0) is 15.0. The summed E-state index contributed by atoms with van der Waals surface area (Å²) in [5.74, 6) is 0. The molecule has 1 atom stereocenters. The maximum Gasteiger partial charge on any atom is 0.241 e. The molecule has 20 heavy (non-hydrogen) atoms. The van der Waals surface area contributed by atoms with E-state index in [0.717, 1.165) is 12.8 Å². The summed E-state index contributed by atoms with van der Waals surface area (Å²) >= 11 is 0. The Bertz CT molecular complexity index is 582. The number of hydrogen-bond acceptors (Lipinski definition) is 4. The molecule has 3 N–H and O–H groups in total. The number of ether oxygens (including phenoxy) is 1. The van der Waals surface area contributed by atoms with Gasteiger partial charge in [-0.1, -0.05) is 0 Å². The third-order valence-electron chi connectivity index (χ3n) is 3.57. The number of aryl methyl sites for hydroxylation is 2. The maximum absolute atomic E-state index is 12.7. The van der Waals surface area contributed by atoms with Gasteiger partial charge < -0.3 is 10.5 Å². The highest BCUT2D eigenvalue weighted by molar-refractivity contribution is 7.89. The van der Waals surface area contributed by atoms with Crippen LogP contribution in [0.3, 0.4) is 0 Å². The SMILES string of the molecule is Cc1cc(N)cc(C)c1S(=O)(=O)NC1(C)CCCOC1. The molecule has 0 radical (unpaired) electrons. The summed E-state index contributed by atoms with van der Waals surface area (Å²) in [4.78, 5) is 0.318. The topological polar surface area (TPSA) is 81.4 Å². The van der Waals surface area contributed by atoms with Crippen LogP contribution in [-0.2, 0) is 14.8 Å². The molecule has 0 bridgehead atoms. The van der Waals surface area contributed by atoms with Gasteiger partial charge in [-0.25, -0.2) is 13.1 Å². The van der Waals surface area contributed by atoms with E-state index in [0.29, 0.717) is 34.9 Å². The highest BCUT2D eigenvalue weighted by Crippen LogP contribution is 2.26. The lowest BCUT2D eigenvalue weighted by Crippen LogP contribution is -2.51. The van der Waals surface area contributed by atoms with Gasteiger partial charge in [0.15, 0.2) is 0 Å². The molecule has 1 heterocycles. The van der Waals surface area contributed by atoms with Crippen molar-refractivity contribution in [2.75, 3.05) is 18.9 Å². The molecule has 0 spiro atoms. The molecular formula is C14H22N2O3S. The van der Waals surface area contributed by atoms with Crippen LogP contribution >= 0.6 is 0 Å². The number of sulfonamides is 1. The van der Waals surface area contributed by atoms with Gasteiger partial charge in [0, 0.05) is 12.3 Å². The first kappa shape index (κ1) is 15.3. The van der Waals surface area contributed by atoms with Gasteiger partial charge in [0.25, 0.3) is 0 Å². The molecule has 6 heteroatoms. The first-order valence-electron chi connectivity index (χ1n) is 6.72. The van der Waals surface area contributed by atoms with Crippen LogP contribution < -0.4 is 10.5 Å². The molecule has 1 aromatic carbocycles. The minimum absolute atomic E-state index is 0.318. The summed E-state index contributed by atoms with van der Waals surface area (Å²) in [6.07, 6.45) is 1.64. The van der Waals surface area contributed by atoms with Crippen LogP contribution in [-0.4, -0.2) is 27.2 Å². The van der Waals surface area contributed by atoms with Crippen LogP contribution in [0.1, 0.15) is 30.9 Å². The number of rotatable bonds is 3. The number of hydrogen-bond donors (Lipinski definition) is 2. The van der Waals surface area contributed by atoms with Gasteiger partial charge in [0.05, 0.1) is 17.0 Å². The second-order valence-corrected chi connectivity index (χ2v) is 7.43. The minimum Gasteiger partial charge on any atom is -0.399 e. The lowest BCUT2D eigenvalue weighted by molar-refractivity contribution is 0.0386. The number of nitrogen functional groups attached to an aromatic ring is 1. The molecule has 0 saturated carbocycles. The minimum atomic E-state index is -3.58. The largest absolute Gasteiger partial charge is 0.399 e. The van der Waals surface area contributed by atoms with Crippen molar-refractivity contribution in [2.24, 2.45) is 0 Å². The predicted molar refractivity (Wildman–Crippen MR) is 79.1 cm³/mol. The van der Waals surface area contributed by atoms with Crippen molar-refractivity contribution in [3.8, 4) is 0 Å². The normalized spacial score (nSPS) is 23.8. The van der Waals surface area contributed by atoms with E-state index in [2.05, 4.69) is 4.72 Å². The summed E-state index contributed by atoms with van der Waals surface area (Å²) in [7, 11) is -3.58. The Labute approximate surface area is 120 Å². The van der Waals surface area contributed by atoms with E-state index in [4.69, 9.17) is 10.5 Å². The number of nitrogens with one attached hydrogen (secondary N) is 1. The standard InChI is InChI=1S/C14H22N2O3S/c1-10-7-12(15)8-11(2)13(10)20(17,18)16-14(3)5-4-6-19-9-14/h7-8,16H,4-6,9,15H2,1-3H3. The Balaban J connectivity index is 2.36. The molecule has 1 saturated heterocycles. The number of anilines is 1. The van der Waals surface area contributed by atoms with Crippen molar-refractivity contribution in [3.63, 3.8) is 0 Å². The maximum atomic E-state index is 12.7. The Morgan fingerprint density at radius 2 is 1.90 bits per heavy atom. The highest BCUT2D eigenvalue weighted by atomic mass is 32.2. The fourth-order valence-electron chi connectivity index (χ4n) is 2.80. The number of benzene rings is 1. The molecule has 1 aliphatic heterocycles.